The molecule has 0 aromatic heterocycles. The highest BCUT2D eigenvalue weighted by molar-refractivity contribution is 5.91. The molecule has 0 bridgehead atoms. The summed E-state index contributed by atoms with van der Waals surface area (Å²) in [5, 5.41) is 0. The van der Waals surface area contributed by atoms with Gasteiger partial charge in [0.1, 0.15) is 62.0 Å². The van der Waals surface area contributed by atoms with Gasteiger partial charge in [-0.2, -0.15) is 0 Å². The van der Waals surface area contributed by atoms with Crippen molar-refractivity contribution in [2.45, 2.75) is 138 Å². The Morgan fingerprint density at radius 3 is 0.853 bits per heavy atom. The minimum atomic E-state index is -1.57. The Morgan fingerprint density at radius 2 is 0.514 bits per heavy atom. The van der Waals surface area contributed by atoms with E-state index < -0.39 is 160 Å². The predicted molar refractivity (Wildman–Crippen MR) is 388 cm³/mol. The lowest BCUT2D eigenvalue weighted by atomic mass is 10.1. The van der Waals surface area contributed by atoms with Crippen molar-refractivity contribution in [3.63, 3.8) is 0 Å². The molecule has 0 saturated carbocycles. The Balaban J connectivity index is 0.822. The summed E-state index contributed by atoms with van der Waals surface area (Å²) >= 11 is 0. The van der Waals surface area contributed by atoms with Crippen molar-refractivity contribution in [2.24, 2.45) is 0 Å². The summed E-state index contributed by atoms with van der Waals surface area (Å²) < 4.78 is 111. The van der Waals surface area contributed by atoms with Gasteiger partial charge in [0.05, 0.1) is 68.5 Å². The van der Waals surface area contributed by atoms with Crippen molar-refractivity contribution in [1.29, 1.82) is 0 Å². The molecule has 4 saturated heterocycles. The summed E-state index contributed by atoms with van der Waals surface area (Å²) in [4.78, 5) is 84.2. The minimum absolute atomic E-state index is 0.0107. The van der Waals surface area contributed by atoms with E-state index >= 15 is 0 Å². The zero-order valence-corrected chi connectivity index (χ0v) is 59.5. The molecule has 0 N–H and O–H groups in total. The van der Waals surface area contributed by atoms with Gasteiger partial charge in [-0.25, -0.2) is 24.0 Å². The second kappa shape index (κ2) is 38.4. The first-order valence-corrected chi connectivity index (χ1v) is 35.9. The second-order valence-corrected chi connectivity index (χ2v) is 26.1. The van der Waals surface area contributed by atoms with Gasteiger partial charge in [0, 0.05) is 6.92 Å². The third-order valence-electron chi connectivity index (χ3n) is 18.4. The van der Waals surface area contributed by atoms with Crippen molar-refractivity contribution >= 4 is 35.8 Å². The van der Waals surface area contributed by atoms with Gasteiger partial charge in [-0.3, -0.25) is 4.79 Å². The van der Waals surface area contributed by atoms with Crippen LogP contribution in [0.1, 0.15) is 76.2 Å². The molecule has 0 spiro atoms. The van der Waals surface area contributed by atoms with Crippen molar-refractivity contribution in [2.75, 3.05) is 26.4 Å². The van der Waals surface area contributed by atoms with Gasteiger partial charge in [-0.15, -0.1) is 0 Å². The zero-order chi connectivity index (χ0) is 75.1. The second-order valence-electron chi connectivity index (χ2n) is 26.1. The molecular formula is C86H82O23. The number of carbonyl (C=O) groups is 6. The molecule has 4 aliphatic heterocycles. The molecule has 9 aromatic carbocycles. The first-order chi connectivity index (χ1) is 53.4. The van der Waals surface area contributed by atoms with Crippen molar-refractivity contribution in [3.05, 3.63) is 323 Å². The Kier molecular flexibility index (Phi) is 27.0. The normalized spacial score (nSPS) is 24.9. The molecule has 23 heteroatoms. The maximum atomic E-state index is 14.6. The zero-order valence-electron chi connectivity index (χ0n) is 59.5. The Bertz CT molecular complexity index is 4330. The maximum absolute atomic E-state index is 14.6. The van der Waals surface area contributed by atoms with Crippen LogP contribution < -0.4 is 0 Å². The summed E-state index contributed by atoms with van der Waals surface area (Å²) in [7, 11) is 0. The van der Waals surface area contributed by atoms with Gasteiger partial charge >= 0.3 is 35.8 Å². The highest BCUT2D eigenvalue weighted by Gasteiger charge is 2.57. The van der Waals surface area contributed by atoms with E-state index in [-0.39, 0.29) is 55.3 Å². The SMILES string of the molecule is CC(=O)OC[C@@H]1O[C@@H](OC[C@@H]2O[C@H](OC[C@@H]3O[C@@H](OC[C@@H]4OC(C(=O)OCc5ccccc5)C(OCc5ccccc5)C4OCc4ccccc4)C(OC(=O)c4ccccc4)C3OC(=O)c3ccccc3)C(OCc3ccccc3)C2OCc2ccccc2)C(OC(=O)c2ccccc2)C1OC(=O)c1ccccc1. The van der Waals surface area contributed by atoms with Crippen LogP contribution in [0, 0.1) is 0 Å². The van der Waals surface area contributed by atoms with E-state index in [1.54, 1.807) is 121 Å². The van der Waals surface area contributed by atoms with Gasteiger partial charge in [-0.1, -0.05) is 224 Å². The van der Waals surface area contributed by atoms with Crippen LogP contribution in [0.4, 0.5) is 0 Å². The van der Waals surface area contributed by atoms with E-state index in [0.29, 0.717) is 0 Å². The summed E-state index contributed by atoms with van der Waals surface area (Å²) in [6, 6.07) is 79.5. The number of carbonyl (C=O) groups excluding carboxylic acids is 6. The Morgan fingerprint density at radius 1 is 0.257 bits per heavy atom. The lowest BCUT2D eigenvalue weighted by Crippen LogP contribution is -2.44. The van der Waals surface area contributed by atoms with Gasteiger partial charge < -0.3 is 80.5 Å². The highest BCUT2D eigenvalue weighted by atomic mass is 16.8. The number of ether oxygens (including phenoxy) is 17. The maximum Gasteiger partial charge on any atom is 0.338 e. The molecule has 0 amide bonds. The van der Waals surface area contributed by atoms with Crippen molar-refractivity contribution in [1.82, 2.24) is 0 Å². The molecule has 0 radical (unpaired) electrons. The average Bonchev–Trinajstić information content (AvgIpc) is 1.65. The summed E-state index contributed by atoms with van der Waals surface area (Å²) in [5.74, 6) is -4.62. The number of benzene rings is 9. The van der Waals surface area contributed by atoms with E-state index in [2.05, 4.69) is 0 Å². The van der Waals surface area contributed by atoms with E-state index in [1.165, 1.54) is 6.92 Å². The van der Waals surface area contributed by atoms with Crippen LogP contribution in [0.5, 0.6) is 0 Å². The van der Waals surface area contributed by atoms with Crippen LogP contribution in [0.25, 0.3) is 0 Å². The predicted octanol–water partition coefficient (Wildman–Crippen LogP) is 11.5. The fourth-order valence-corrected chi connectivity index (χ4v) is 12.9. The lowest BCUT2D eigenvalue weighted by Gasteiger charge is -2.27. The average molecular weight is 1480 g/mol. The first kappa shape index (κ1) is 76.6. The summed E-state index contributed by atoms with van der Waals surface area (Å²) in [6.45, 7) is -0.425. The number of esters is 6. The molecule has 9 unspecified atom stereocenters. The van der Waals surface area contributed by atoms with E-state index in [4.69, 9.17) is 80.5 Å². The first-order valence-electron chi connectivity index (χ1n) is 35.9. The molecule has 4 aliphatic rings. The molecule has 23 nitrogen and oxygen atoms in total. The topological polar surface area (TPSA) is 259 Å². The van der Waals surface area contributed by atoms with Gasteiger partial charge in [0.15, 0.2) is 49.4 Å². The molecule has 16 atom stereocenters. The fraction of sp³-hybridized carbons (Fsp3) is 0.302. The highest BCUT2D eigenvalue weighted by Crippen LogP contribution is 2.38. The number of rotatable bonds is 34. The summed E-state index contributed by atoms with van der Waals surface area (Å²) in [6.07, 6.45) is -20.9. The molecule has 4 heterocycles. The minimum Gasteiger partial charge on any atom is -0.463 e. The number of hydrogen-bond donors (Lipinski definition) is 0. The van der Waals surface area contributed by atoms with Crippen molar-refractivity contribution in [3.8, 4) is 0 Å². The standard InChI is InChI=1S/C86H82O23/c1-56(87)93-52-68-72(106-79(88)62-39-21-7-22-40-62)77(108-81(90)64-43-25-9-26-44-64)86(104-68)101-54-67-71(95-48-58-31-13-3-14-32-58)76(97-50-60-35-17-5-18-36-60)84(103-67)99-55-69-73(107-80(89)63-41-23-8-24-42-63)78(109-82(91)65-45-27-10-28-46-65)85(105-69)100-53-66-70(94-47-57-29-11-2-12-30-57)74(96-49-59-33-15-4-16-34-59)75(102-66)83(92)98-51-61-37-19-6-20-38-61/h2-46,66-78,84-86H,47-55H2,1H3/t66-,67-,68-,69-,70?,71?,72?,73?,74?,75?,76?,77?,78?,84-,85+,86+/m0/s1. The van der Waals surface area contributed by atoms with Crippen LogP contribution in [0.15, 0.2) is 273 Å². The summed E-state index contributed by atoms with van der Waals surface area (Å²) in [5.41, 5.74) is 4.57. The van der Waals surface area contributed by atoms with Crippen LogP contribution >= 0.6 is 0 Å². The van der Waals surface area contributed by atoms with Gasteiger partial charge in [0.25, 0.3) is 0 Å². The molecule has 9 aromatic rings. The van der Waals surface area contributed by atoms with E-state index in [0.717, 1.165) is 27.8 Å². The number of hydrogen-bond acceptors (Lipinski definition) is 23. The third kappa shape index (κ3) is 20.8. The Labute approximate surface area is 629 Å². The monoisotopic (exact) mass is 1480 g/mol. The molecular weight excluding hydrogens is 1400 g/mol. The van der Waals surface area contributed by atoms with Gasteiger partial charge in [0.2, 0.25) is 0 Å². The molecule has 109 heavy (non-hydrogen) atoms. The Hall–Kier alpha value is -10.6. The smallest absolute Gasteiger partial charge is 0.338 e. The molecule has 0 aliphatic carbocycles. The van der Waals surface area contributed by atoms with E-state index in [9.17, 15) is 28.8 Å². The van der Waals surface area contributed by atoms with Crippen molar-refractivity contribution < 1.29 is 109 Å². The lowest BCUT2D eigenvalue weighted by molar-refractivity contribution is -0.226. The molecule has 13 rings (SSSR count). The van der Waals surface area contributed by atoms with Crippen LogP contribution in [-0.4, -0.2) is 160 Å². The van der Waals surface area contributed by atoms with Crippen LogP contribution in [-0.2, 0) is 123 Å². The van der Waals surface area contributed by atoms with E-state index in [1.807, 2.05) is 152 Å². The fourth-order valence-electron chi connectivity index (χ4n) is 12.9. The van der Waals surface area contributed by atoms with Gasteiger partial charge in [-0.05, 0) is 76.3 Å². The van der Waals surface area contributed by atoms with Crippen LogP contribution in [0.3, 0.4) is 0 Å². The van der Waals surface area contributed by atoms with Crippen LogP contribution in [0.2, 0.25) is 0 Å². The third-order valence-corrected chi connectivity index (χ3v) is 18.4. The largest absolute Gasteiger partial charge is 0.463 e. The molecule has 564 valence electrons. The molecule has 4 fully saturated rings. The quantitative estimate of drug-likeness (QED) is 0.0268.